The summed E-state index contributed by atoms with van der Waals surface area (Å²) in [6, 6.07) is 10.9. The first kappa shape index (κ1) is 21.7. The monoisotopic (exact) mass is 492 g/mol. The molecule has 178 valence electrons. The Morgan fingerprint density at radius 1 is 1.20 bits per heavy atom. The Balaban J connectivity index is 1.52. The fourth-order valence-corrected chi connectivity index (χ4v) is 4.54. The van der Waals surface area contributed by atoms with Gasteiger partial charge < -0.3 is 29.2 Å². The largest absolute Gasteiger partial charge is 0.493 e. The van der Waals surface area contributed by atoms with Crippen LogP contribution >= 0.6 is 11.6 Å². The van der Waals surface area contributed by atoms with Crippen molar-refractivity contribution in [3.8, 4) is 22.9 Å². The minimum atomic E-state index is -0.405. The van der Waals surface area contributed by atoms with Gasteiger partial charge in [0, 0.05) is 29.9 Å². The number of fused-ring (bicyclic) bond motifs is 2. The topological polar surface area (TPSA) is 108 Å². The van der Waals surface area contributed by atoms with E-state index in [4.69, 9.17) is 35.5 Å². The normalized spacial score (nSPS) is 15.3. The maximum atomic E-state index is 12.8. The van der Waals surface area contributed by atoms with Crippen molar-refractivity contribution in [3.63, 3.8) is 0 Å². The van der Waals surface area contributed by atoms with E-state index >= 15 is 0 Å². The van der Waals surface area contributed by atoms with Gasteiger partial charge in [-0.15, -0.1) is 0 Å². The zero-order valence-electron chi connectivity index (χ0n) is 18.8. The molecule has 10 heteroatoms. The Hall–Kier alpha value is -3.82. The van der Waals surface area contributed by atoms with Crippen LogP contribution in [0.2, 0.25) is 5.02 Å². The number of methoxy groups -OCH3 is 1. The maximum absolute atomic E-state index is 12.8. The number of hydrogen-bond acceptors (Lipinski definition) is 8. The molecule has 0 atom stereocenters. The standard InChI is InChI=1S/C25H21ClN4O5/c1-32-24-15(26)3-2-4-18(24)29-23-20-16(8-10-34-25(20)31)28-22(23)14-7-9-27-17-5-6-19(30-21(14)17)35-13-11-33-12-13/h2-7,9,13,28-29H,8,10-12H2,1H3. The summed E-state index contributed by atoms with van der Waals surface area (Å²) in [6.07, 6.45) is 2.26. The summed E-state index contributed by atoms with van der Waals surface area (Å²) in [4.78, 5) is 25.5. The van der Waals surface area contributed by atoms with Gasteiger partial charge in [0.2, 0.25) is 5.88 Å². The van der Waals surface area contributed by atoms with Gasteiger partial charge in [0.1, 0.15) is 17.2 Å². The molecule has 0 amide bonds. The molecule has 1 fully saturated rings. The van der Waals surface area contributed by atoms with E-state index in [0.29, 0.717) is 76.6 Å². The third kappa shape index (κ3) is 3.82. The molecule has 2 N–H and O–H groups in total. The van der Waals surface area contributed by atoms with Crippen LogP contribution in [0.3, 0.4) is 0 Å². The van der Waals surface area contributed by atoms with E-state index in [-0.39, 0.29) is 6.10 Å². The Kier molecular flexibility index (Phi) is 5.43. The van der Waals surface area contributed by atoms with E-state index < -0.39 is 5.97 Å². The average Bonchev–Trinajstić information content (AvgIpc) is 3.20. The molecular weight excluding hydrogens is 472 g/mol. The second-order valence-corrected chi connectivity index (χ2v) is 8.62. The van der Waals surface area contributed by atoms with Gasteiger partial charge in [0.25, 0.3) is 0 Å². The van der Waals surface area contributed by atoms with Crippen molar-refractivity contribution in [2.45, 2.75) is 12.5 Å². The van der Waals surface area contributed by atoms with E-state index in [1.54, 1.807) is 31.5 Å². The summed E-state index contributed by atoms with van der Waals surface area (Å²) >= 11 is 6.35. The minimum Gasteiger partial charge on any atom is -0.493 e. The van der Waals surface area contributed by atoms with Gasteiger partial charge in [-0.3, -0.25) is 4.98 Å². The van der Waals surface area contributed by atoms with Crippen LogP contribution in [0, 0.1) is 0 Å². The lowest BCUT2D eigenvalue weighted by Gasteiger charge is -2.26. The van der Waals surface area contributed by atoms with Crippen LogP contribution in [0.1, 0.15) is 16.1 Å². The third-order valence-electron chi connectivity index (χ3n) is 6.02. The zero-order valence-corrected chi connectivity index (χ0v) is 19.5. The number of nitrogens with zero attached hydrogens (tertiary/aromatic N) is 2. The van der Waals surface area contributed by atoms with E-state index in [1.807, 2.05) is 18.2 Å². The highest BCUT2D eigenvalue weighted by Crippen LogP contribution is 2.42. The number of hydrogen-bond donors (Lipinski definition) is 2. The molecule has 1 aromatic carbocycles. The fraction of sp³-hybridized carbons (Fsp3) is 0.240. The van der Waals surface area contributed by atoms with Gasteiger partial charge in [-0.05, 0) is 24.3 Å². The molecule has 0 spiro atoms. The Bertz CT molecular complexity index is 1450. The molecule has 0 radical (unpaired) electrons. The number of pyridine rings is 2. The molecule has 2 aliphatic rings. The van der Waals surface area contributed by atoms with Gasteiger partial charge in [0.05, 0.1) is 54.5 Å². The van der Waals surface area contributed by atoms with Crippen molar-refractivity contribution >= 4 is 40.0 Å². The van der Waals surface area contributed by atoms with Crippen molar-refractivity contribution in [1.82, 2.24) is 15.0 Å². The van der Waals surface area contributed by atoms with Crippen LogP contribution < -0.4 is 14.8 Å². The Morgan fingerprint density at radius 2 is 2.09 bits per heavy atom. The van der Waals surface area contributed by atoms with Gasteiger partial charge in [-0.1, -0.05) is 17.7 Å². The van der Waals surface area contributed by atoms with Crippen molar-refractivity contribution in [3.05, 3.63) is 58.9 Å². The molecule has 5 heterocycles. The van der Waals surface area contributed by atoms with E-state index in [0.717, 1.165) is 11.3 Å². The van der Waals surface area contributed by atoms with Crippen molar-refractivity contribution < 1.29 is 23.7 Å². The molecule has 3 aromatic heterocycles. The third-order valence-corrected chi connectivity index (χ3v) is 6.32. The zero-order chi connectivity index (χ0) is 23.9. The number of benzene rings is 1. The lowest BCUT2D eigenvalue weighted by atomic mass is 10.1. The molecule has 9 nitrogen and oxygen atoms in total. The van der Waals surface area contributed by atoms with Crippen molar-refractivity contribution in [2.24, 2.45) is 0 Å². The first-order valence-corrected chi connectivity index (χ1v) is 11.5. The van der Waals surface area contributed by atoms with Gasteiger partial charge in [-0.25, -0.2) is 9.78 Å². The minimum absolute atomic E-state index is 0.0137. The number of cyclic esters (lactones) is 1. The number of anilines is 2. The predicted octanol–water partition coefficient (Wildman–Crippen LogP) is 4.52. The van der Waals surface area contributed by atoms with Crippen LogP contribution in [0.4, 0.5) is 11.4 Å². The maximum Gasteiger partial charge on any atom is 0.342 e. The molecule has 0 bridgehead atoms. The number of esters is 1. The number of H-pyrrole nitrogens is 1. The molecule has 0 unspecified atom stereocenters. The molecule has 0 saturated carbocycles. The quantitative estimate of drug-likeness (QED) is 0.378. The van der Waals surface area contributed by atoms with Crippen LogP contribution in [0.5, 0.6) is 11.6 Å². The molecule has 35 heavy (non-hydrogen) atoms. The number of rotatable bonds is 6. The molecule has 0 aliphatic carbocycles. The number of para-hydroxylation sites is 1. The first-order valence-electron chi connectivity index (χ1n) is 11.1. The lowest BCUT2D eigenvalue weighted by Crippen LogP contribution is -2.38. The number of aromatic nitrogens is 3. The predicted molar refractivity (Wildman–Crippen MR) is 130 cm³/mol. The van der Waals surface area contributed by atoms with Crippen LogP contribution in [0.25, 0.3) is 22.3 Å². The average molecular weight is 493 g/mol. The van der Waals surface area contributed by atoms with Gasteiger partial charge in [-0.2, -0.15) is 0 Å². The highest BCUT2D eigenvalue weighted by molar-refractivity contribution is 6.32. The number of ether oxygens (including phenoxy) is 4. The second-order valence-electron chi connectivity index (χ2n) is 8.21. The summed E-state index contributed by atoms with van der Waals surface area (Å²) in [7, 11) is 1.54. The van der Waals surface area contributed by atoms with Crippen molar-refractivity contribution in [2.75, 3.05) is 32.2 Å². The molecular formula is C25H21ClN4O5. The smallest absolute Gasteiger partial charge is 0.342 e. The Labute approximate surface area is 205 Å². The Morgan fingerprint density at radius 3 is 2.89 bits per heavy atom. The summed E-state index contributed by atoms with van der Waals surface area (Å²) in [5.41, 5.74) is 5.16. The van der Waals surface area contributed by atoms with E-state index in [2.05, 4.69) is 15.3 Å². The van der Waals surface area contributed by atoms with Crippen molar-refractivity contribution in [1.29, 1.82) is 0 Å². The second kappa shape index (κ2) is 8.75. The van der Waals surface area contributed by atoms with E-state index in [9.17, 15) is 4.79 Å². The molecule has 4 aromatic rings. The van der Waals surface area contributed by atoms with Gasteiger partial charge >= 0.3 is 5.97 Å². The van der Waals surface area contributed by atoms with Gasteiger partial charge in [0.15, 0.2) is 5.75 Å². The SMILES string of the molecule is COc1c(Cl)cccc1Nc1c(-c2ccnc3ccc(OC4COC4)nc23)[nH]c2c1C(=O)OCC2. The summed E-state index contributed by atoms with van der Waals surface area (Å²) in [5.74, 6) is 0.551. The molecule has 2 aliphatic heterocycles. The highest BCUT2D eigenvalue weighted by Gasteiger charge is 2.30. The van der Waals surface area contributed by atoms with E-state index in [1.165, 1.54) is 0 Å². The van der Waals surface area contributed by atoms with Crippen LogP contribution in [-0.4, -0.2) is 54.0 Å². The summed E-state index contributed by atoms with van der Waals surface area (Å²) in [5, 5.41) is 3.81. The van der Waals surface area contributed by atoms with Crippen LogP contribution in [-0.2, 0) is 15.9 Å². The molecule has 1 saturated heterocycles. The van der Waals surface area contributed by atoms with Crippen LogP contribution in [0.15, 0.2) is 42.6 Å². The summed E-state index contributed by atoms with van der Waals surface area (Å²) < 4.78 is 22.0. The summed E-state index contributed by atoms with van der Waals surface area (Å²) in [6.45, 7) is 1.39. The number of carbonyl (C=O) groups is 1. The first-order chi connectivity index (χ1) is 17.1. The number of aromatic amines is 1. The fourth-order valence-electron chi connectivity index (χ4n) is 4.29. The number of halogens is 1. The number of carbonyl (C=O) groups excluding carboxylic acids is 1. The highest BCUT2D eigenvalue weighted by atomic mass is 35.5. The molecule has 6 rings (SSSR count). The number of nitrogens with one attached hydrogen (secondary N) is 2. The lowest BCUT2D eigenvalue weighted by molar-refractivity contribution is -0.0812.